The number of hydrogen-bond acceptors (Lipinski definition) is 2. The van der Waals surface area contributed by atoms with Gasteiger partial charge in [-0.2, -0.15) is 0 Å². The standard InChI is InChI=1S/C26H25NO2/c1-2-3-4-5-14-27-23-17-19(25-8-6-15-28-25)10-12-21(23)22-13-11-20(18-24(22)27)26-9-7-16-29-26/h6-13,15-18H,2-5,14H2,1H3. The number of fused-ring (bicyclic) bond motifs is 3. The van der Waals surface area contributed by atoms with Gasteiger partial charge in [0.1, 0.15) is 11.5 Å². The molecule has 0 spiro atoms. The lowest BCUT2D eigenvalue weighted by Crippen LogP contribution is -1.98. The van der Waals surface area contributed by atoms with Crippen molar-refractivity contribution in [3.05, 3.63) is 73.2 Å². The quantitative estimate of drug-likeness (QED) is 0.267. The molecule has 3 aromatic heterocycles. The van der Waals surface area contributed by atoms with E-state index < -0.39 is 0 Å². The van der Waals surface area contributed by atoms with Crippen LogP contribution in [0.2, 0.25) is 0 Å². The highest BCUT2D eigenvalue weighted by molar-refractivity contribution is 6.09. The molecule has 0 unspecified atom stereocenters. The van der Waals surface area contributed by atoms with Crippen LogP contribution in [0, 0.1) is 0 Å². The van der Waals surface area contributed by atoms with Crippen LogP contribution in [-0.2, 0) is 6.54 Å². The van der Waals surface area contributed by atoms with Gasteiger partial charge in [0.15, 0.2) is 0 Å². The van der Waals surface area contributed by atoms with Crippen molar-refractivity contribution in [3.8, 4) is 22.6 Å². The van der Waals surface area contributed by atoms with Crippen LogP contribution < -0.4 is 0 Å². The maximum atomic E-state index is 5.64. The van der Waals surface area contributed by atoms with E-state index in [0.717, 1.165) is 29.2 Å². The van der Waals surface area contributed by atoms with Gasteiger partial charge in [0, 0.05) is 39.5 Å². The molecule has 5 aromatic rings. The van der Waals surface area contributed by atoms with Gasteiger partial charge in [0.25, 0.3) is 0 Å². The second-order valence-corrected chi connectivity index (χ2v) is 7.63. The molecule has 0 aliphatic rings. The van der Waals surface area contributed by atoms with Gasteiger partial charge in [0.2, 0.25) is 0 Å². The van der Waals surface area contributed by atoms with Crippen molar-refractivity contribution in [1.82, 2.24) is 4.57 Å². The molecule has 0 radical (unpaired) electrons. The van der Waals surface area contributed by atoms with Crippen molar-refractivity contribution in [2.45, 2.75) is 39.2 Å². The zero-order chi connectivity index (χ0) is 19.6. The zero-order valence-corrected chi connectivity index (χ0v) is 16.7. The third-order valence-corrected chi connectivity index (χ3v) is 5.71. The minimum Gasteiger partial charge on any atom is -0.464 e. The van der Waals surface area contributed by atoms with E-state index in [1.165, 1.54) is 47.5 Å². The SMILES string of the molecule is CCCCCCn1c2cc(-c3ccco3)ccc2c2ccc(-c3ccco3)cc21. The molecule has 0 bridgehead atoms. The number of hydrogen-bond donors (Lipinski definition) is 0. The van der Waals surface area contributed by atoms with Crippen molar-refractivity contribution in [3.63, 3.8) is 0 Å². The lowest BCUT2D eigenvalue weighted by molar-refractivity contribution is 0.582. The molecule has 0 N–H and O–H groups in total. The molecule has 3 heterocycles. The van der Waals surface area contributed by atoms with E-state index >= 15 is 0 Å². The van der Waals surface area contributed by atoms with E-state index in [2.05, 4.69) is 47.9 Å². The Morgan fingerprint density at radius 2 is 1.28 bits per heavy atom. The van der Waals surface area contributed by atoms with Gasteiger partial charge in [-0.1, -0.05) is 50.5 Å². The van der Waals surface area contributed by atoms with Gasteiger partial charge in [-0.3, -0.25) is 0 Å². The number of rotatable bonds is 7. The van der Waals surface area contributed by atoms with Gasteiger partial charge < -0.3 is 13.4 Å². The second kappa shape index (κ2) is 7.67. The Morgan fingerprint density at radius 3 is 1.76 bits per heavy atom. The summed E-state index contributed by atoms with van der Waals surface area (Å²) in [5, 5.41) is 2.58. The minimum absolute atomic E-state index is 0.908. The lowest BCUT2D eigenvalue weighted by Gasteiger charge is -2.09. The molecule has 146 valence electrons. The number of unbranched alkanes of at least 4 members (excludes halogenated alkanes) is 3. The largest absolute Gasteiger partial charge is 0.464 e. The minimum atomic E-state index is 0.908. The highest BCUT2D eigenvalue weighted by Crippen LogP contribution is 2.35. The monoisotopic (exact) mass is 383 g/mol. The fraction of sp³-hybridized carbons (Fsp3) is 0.231. The fourth-order valence-corrected chi connectivity index (χ4v) is 4.22. The molecule has 29 heavy (non-hydrogen) atoms. The van der Waals surface area contributed by atoms with Gasteiger partial charge >= 0.3 is 0 Å². The van der Waals surface area contributed by atoms with E-state index in [9.17, 15) is 0 Å². The van der Waals surface area contributed by atoms with Crippen molar-refractivity contribution in [1.29, 1.82) is 0 Å². The number of benzene rings is 2. The number of nitrogens with zero attached hydrogens (tertiary/aromatic N) is 1. The summed E-state index contributed by atoms with van der Waals surface area (Å²) in [5.74, 6) is 1.82. The first-order valence-electron chi connectivity index (χ1n) is 10.5. The average molecular weight is 383 g/mol. The third-order valence-electron chi connectivity index (χ3n) is 5.71. The van der Waals surface area contributed by atoms with Crippen LogP contribution in [0.15, 0.2) is 82.0 Å². The molecule has 3 nitrogen and oxygen atoms in total. The van der Waals surface area contributed by atoms with Crippen LogP contribution >= 0.6 is 0 Å². The highest BCUT2D eigenvalue weighted by Gasteiger charge is 2.14. The molecule has 0 atom stereocenters. The lowest BCUT2D eigenvalue weighted by atomic mass is 10.1. The molecular weight excluding hydrogens is 358 g/mol. The summed E-state index contributed by atoms with van der Waals surface area (Å²) in [7, 11) is 0. The maximum absolute atomic E-state index is 5.64. The van der Waals surface area contributed by atoms with E-state index in [0.29, 0.717) is 0 Å². The Hall–Kier alpha value is -3.20. The molecular formula is C26H25NO2. The highest BCUT2D eigenvalue weighted by atomic mass is 16.3. The number of aryl methyl sites for hydroxylation is 1. The summed E-state index contributed by atoms with van der Waals surface area (Å²) in [4.78, 5) is 0. The van der Waals surface area contributed by atoms with Crippen LogP contribution in [0.5, 0.6) is 0 Å². The summed E-state index contributed by atoms with van der Waals surface area (Å²) in [6.45, 7) is 3.27. The molecule has 0 amide bonds. The van der Waals surface area contributed by atoms with E-state index in [-0.39, 0.29) is 0 Å². The number of furan rings is 2. The summed E-state index contributed by atoms with van der Waals surface area (Å²) < 4.78 is 13.8. The van der Waals surface area contributed by atoms with Crippen LogP contribution in [0.4, 0.5) is 0 Å². The summed E-state index contributed by atoms with van der Waals surface area (Å²) in [6.07, 6.45) is 8.44. The second-order valence-electron chi connectivity index (χ2n) is 7.63. The van der Waals surface area contributed by atoms with Crippen LogP contribution in [0.25, 0.3) is 44.5 Å². The molecule has 0 aliphatic heterocycles. The Labute approximate surface area is 170 Å². The Kier molecular flexibility index (Phi) is 4.73. The van der Waals surface area contributed by atoms with Crippen molar-refractivity contribution in [2.75, 3.05) is 0 Å². The molecule has 3 heteroatoms. The summed E-state index contributed by atoms with van der Waals surface area (Å²) in [6, 6.07) is 21.2. The van der Waals surface area contributed by atoms with Crippen LogP contribution in [0.1, 0.15) is 32.6 Å². The molecule has 2 aromatic carbocycles. The summed E-state index contributed by atoms with van der Waals surface area (Å²) in [5.41, 5.74) is 4.77. The predicted molar refractivity (Wildman–Crippen MR) is 119 cm³/mol. The van der Waals surface area contributed by atoms with E-state index in [4.69, 9.17) is 8.83 Å². The third kappa shape index (κ3) is 3.27. The zero-order valence-electron chi connectivity index (χ0n) is 16.7. The first-order valence-corrected chi connectivity index (χ1v) is 10.5. The normalized spacial score (nSPS) is 11.6. The fourth-order valence-electron chi connectivity index (χ4n) is 4.22. The van der Waals surface area contributed by atoms with E-state index in [1.54, 1.807) is 12.5 Å². The number of aromatic nitrogens is 1. The first-order chi connectivity index (χ1) is 14.3. The van der Waals surface area contributed by atoms with Gasteiger partial charge in [0.05, 0.1) is 12.5 Å². The van der Waals surface area contributed by atoms with Crippen molar-refractivity contribution < 1.29 is 8.83 Å². The summed E-state index contributed by atoms with van der Waals surface area (Å²) >= 11 is 0. The average Bonchev–Trinajstić information content (AvgIpc) is 3.51. The van der Waals surface area contributed by atoms with E-state index in [1.807, 2.05) is 24.3 Å². The smallest absolute Gasteiger partial charge is 0.133 e. The van der Waals surface area contributed by atoms with Crippen LogP contribution in [0.3, 0.4) is 0 Å². The topological polar surface area (TPSA) is 31.2 Å². The Balaban J connectivity index is 1.67. The van der Waals surface area contributed by atoms with Gasteiger partial charge in [-0.25, -0.2) is 0 Å². The maximum Gasteiger partial charge on any atom is 0.133 e. The molecule has 0 aliphatic carbocycles. The first kappa shape index (κ1) is 17.9. The Morgan fingerprint density at radius 1 is 0.690 bits per heavy atom. The molecule has 0 fully saturated rings. The molecule has 0 saturated carbocycles. The van der Waals surface area contributed by atoms with Crippen molar-refractivity contribution in [2.24, 2.45) is 0 Å². The van der Waals surface area contributed by atoms with Crippen molar-refractivity contribution >= 4 is 21.8 Å². The molecule has 5 rings (SSSR count). The molecule has 0 saturated heterocycles. The Bertz CT molecular complexity index is 1140. The van der Waals surface area contributed by atoms with Crippen LogP contribution in [-0.4, -0.2) is 4.57 Å². The van der Waals surface area contributed by atoms with Gasteiger partial charge in [-0.15, -0.1) is 0 Å². The predicted octanol–water partition coefficient (Wildman–Crippen LogP) is 7.89. The van der Waals surface area contributed by atoms with Gasteiger partial charge in [-0.05, 0) is 42.8 Å².